The Morgan fingerprint density at radius 1 is 1.27 bits per heavy atom. The van der Waals surface area contributed by atoms with Crippen LogP contribution in [0.25, 0.3) is 0 Å². The molecule has 0 atom stereocenters. The Bertz CT molecular complexity index is 519. The van der Waals surface area contributed by atoms with E-state index in [1.165, 1.54) is 6.07 Å². The molecule has 1 aliphatic carbocycles. The molecule has 122 valence electrons. The molecule has 1 fully saturated rings. The maximum absolute atomic E-state index is 12.7. The van der Waals surface area contributed by atoms with Crippen molar-refractivity contribution in [2.24, 2.45) is 0 Å². The van der Waals surface area contributed by atoms with Crippen LogP contribution in [0.2, 0.25) is 0 Å². The van der Waals surface area contributed by atoms with Crippen LogP contribution < -0.4 is 0 Å². The molecule has 0 bridgehead atoms. The van der Waals surface area contributed by atoms with Crippen molar-refractivity contribution in [3.05, 3.63) is 35.4 Å². The first-order chi connectivity index (χ1) is 10.3. The lowest BCUT2D eigenvalue weighted by Gasteiger charge is -2.33. The van der Waals surface area contributed by atoms with E-state index in [4.69, 9.17) is 0 Å². The molecule has 1 aromatic carbocycles. The predicted octanol–water partition coefficient (Wildman–Crippen LogP) is 4.43. The summed E-state index contributed by atoms with van der Waals surface area (Å²) in [6, 6.07) is 5.36. The Morgan fingerprint density at radius 3 is 2.45 bits per heavy atom. The summed E-state index contributed by atoms with van der Waals surface area (Å²) < 4.78 is 38.2. The van der Waals surface area contributed by atoms with E-state index in [1.807, 2.05) is 18.7 Å². The lowest BCUT2D eigenvalue weighted by molar-refractivity contribution is -0.138. The van der Waals surface area contributed by atoms with Crippen LogP contribution in [0.15, 0.2) is 24.3 Å². The van der Waals surface area contributed by atoms with Gasteiger partial charge in [0.2, 0.25) is 5.91 Å². The molecule has 0 unspecified atom stereocenters. The third kappa shape index (κ3) is 4.02. The summed E-state index contributed by atoms with van der Waals surface area (Å²) in [6.45, 7) is 3.92. The number of rotatable bonds is 4. The molecule has 0 saturated heterocycles. The molecule has 0 radical (unpaired) electrons. The number of halogens is 3. The first-order valence-corrected chi connectivity index (χ1v) is 7.76. The number of alkyl halides is 3. The van der Waals surface area contributed by atoms with Crippen LogP contribution in [-0.2, 0) is 17.4 Å². The first kappa shape index (κ1) is 16.8. The van der Waals surface area contributed by atoms with E-state index >= 15 is 0 Å². The number of hydrogen-bond donors (Lipinski definition) is 0. The van der Waals surface area contributed by atoms with Gasteiger partial charge in [-0.15, -0.1) is 0 Å². The van der Waals surface area contributed by atoms with Gasteiger partial charge in [-0.2, -0.15) is 13.2 Å². The molecule has 1 aromatic rings. The molecule has 2 nitrogen and oxygen atoms in total. The molecule has 0 heterocycles. The number of amides is 1. The Hall–Kier alpha value is -1.52. The highest BCUT2D eigenvalue weighted by molar-refractivity contribution is 5.79. The smallest absolute Gasteiger partial charge is 0.337 e. The van der Waals surface area contributed by atoms with Crippen LogP contribution in [0.4, 0.5) is 13.2 Å². The third-order valence-corrected chi connectivity index (χ3v) is 4.17. The summed E-state index contributed by atoms with van der Waals surface area (Å²) in [6.07, 6.45) is -0.130. The first-order valence-electron chi connectivity index (χ1n) is 7.76. The zero-order valence-corrected chi connectivity index (χ0v) is 13.0. The molecule has 5 heteroatoms. The molecule has 0 N–H and O–H groups in total. The van der Waals surface area contributed by atoms with Gasteiger partial charge in [0.1, 0.15) is 0 Å². The van der Waals surface area contributed by atoms with E-state index in [1.54, 1.807) is 6.07 Å². The van der Waals surface area contributed by atoms with Crippen LogP contribution >= 0.6 is 0 Å². The predicted molar refractivity (Wildman–Crippen MR) is 79.4 cm³/mol. The largest absolute Gasteiger partial charge is 0.416 e. The summed E-state index contributed by atoms with van der Waals surface area (Å²) in [7, 11) is 0. The fraction of sp³-hybridized carbons (Fsp3) is 0.588. The Kier molecular flexibility index (Phi) is 5.14. The maximum Gasteiger partial charge on any atom is 0.416 e. The average Bonchev–Trinajstić information content (AvgIpc) is 2.91. The number of carbonyl (C=O) groups is 1. The molecule has 0 aliphatic heterocycles. The van der Waals surface area contributed by atoms with E-state index in [-0.39, 0.29) is 24.4 Å². The van der Waals surface area contributed by atoms with Gasteiger partial charge >= 0.3 is 6.18 Å². The van der Waals surface area contributed by atoms with Gasteiger partial charge in [-0.05, 0) is 38.3 Å². The monoisotopic (exact) mass is 313 g/mol. The van der Waals surface area contributed by atoms with E-state index < -0.39 is 11.7 Å². The SMILES string of the molecule is CC(C)N(C(=O)Cc1cccc(C(F)(F)F)c1)C1CCCC1. The minimum Gasteiger partial charge on any atom is -0.337 e. The van der Waals surface area contributed by atoms with Crippen molar-refractivity contribution in [3.8, 4) is 0 Å². The molecule has 0 aromatic heterocycles. The van der Waals surface area contributed by atoms with Gasteiger partial charge in [-0.1, -0.05) is 31.0 Å². The second kappa shape index (κ2) is 6.71. The van der Waals surface area contributed by atoms with E-state index in [0.717, 1.165) is 37.8 Å². The highest BCUT2D eigenvalue weighted by atomic mass is 19.4. The molecule has 1 saturated carbocycles. The highest BCUT2D eigenvalue weighted by Gasteiger charge is 2.31. The summed E-state index contributed by atoms with van der Waals surface area (Å²) >= 11 is 0. The Balaban J connectivity index is 2.13. The number of hydrogen-bond acceptors (Lipinski definition) is 1. The van der Waals surface area contributed by atoms with Crippen molar-refractivity contribution >= 4 is 5.91 Å². The second-order valence-corrected chi connectivity index (χ2v) is 6.21. The van der Waals surface area contributed by atoms with Gasteiger partial charge in [0, 0.05) is 12.1 Å². The Labute approximate surface area is 129 Å². The standard InChI is InChI=1S/C17H22F3NO/c1-12(2)21(15-8-3-4-9-15)16(22)11-13-6-5-7-14(10-13)17(18,19)20/h5-7,10,12,15H,3-4,8-9,11H2,1-2H3. The van der Waals surface area contributed by atoms with Crippen molar-refractivity contribution in [1.82, 2.24) is 4.90 Å². The van der Waals surface area contributed by atoms with Gasteiger partial charge < -0.3 is 4.90 Å². The molecule has 22 heavy (non-hydrogen) atoms. The van der Waals surface area contributed by atoms with Crippen molar-refractivity contribution < 1.29 is 18.0 Å². The zero-order valence-electron chi connectivity index (χ0n) is 13.0. The molecular weight excluding hydrogens is 291 g/mol. The number of carbonyl (C=O) groups excluding carboxylic acids is 1. The zero-order chi connectivity index (χ0) is 16.3. The minimum absolute atomic E-state index is 0.0264. The van der Waals surface area contributed by atoms with Gasteiger partial charge in [0.05, 0.1) is 12.0 Å². The third-order valence-electron chi connectivity index (χ3n) is 4.17. The summed E-state index contributed by atoms with van der Waals surface area (Å²) in [5.74, 6) is -0.0822. The number of benzene rings is 1. The topological polar surface area (TPSA) is 20.3 Å². The summed E-state index contributed by atoms with van der Waals surface area (Å²) in [5.41, 5.74) is -0.279. The van der Waals surface area contributed by atoms with Crippen molar-refractivity contribution in [2.45, 2.75) is 64.2 Å². The number of nitrogens with zero attached hydrogens (tertiary/aromatic N) is 1. The van der Waals surface area contributed by atoms with E-state index in [9.17, 15) is 18.0 Å². The quantitative estimate of drug-likeness (QED) is 0.805. The lowest BCUT2D eigenvalue weighted by atomic mass is 10.1. The van der Waals surface area contributed by atoms with Crippen molar-refractivity contribution in [1.29, 1.82) is 0 Å². The highest BCUT2D eigenvalue weighted by Crippen LogP contribution is 2.30. The van der Waals surface area contributed by atoms with Crippen LogP contribution in [0, 0.1) is 0 Å². The van der Waals surface area contributed by atoms with Gasteiger partial charge in [-0.3, -0.25) is 4.79 Å². The fourth-order valence-electron chi connectivity index (χ4n) is 3.22. The van der Waals surface area contributed by atoms with E-state index in [2.05, 4.69) is 0 Å². The summed E-state index contributed by atoms with van der Waals surface area (Å²) in [4.78, 5) is 14.4. The van der Waals surface area contributed by atoms with Gasteiger partial charge in [0.25, 0.3) is 0 Å². The maximum atomic E-state index is 12.7. The second-order valence-electron chi connectivity index (χ2n) is 6.21. The van der Waals surface area contributed by atoms with Crippen LogP contribution in [0.1, 0.15) is 50.7 Å². The van der Waals surface area contributed by atoms with E-state index in [0.29, 0.717) is 5.56 Å². The molecule has 0 spiro atoms. The minimum atomic E-state index is -4.37. The van der Waals surface area contributed by atoms with Gasteiger partial charge in [-0.25, -0.2) is 0 Å². The summed E-state index contributed by atoms with van der Waals surface area (Å²) in [5, 5.41) is 0. The van der Waals surface area contributed by atoms with Gasteiger partial charge in [0.15, 0.2) is 0 Å². The normalized spacial score (nSPS) is 16.3. The Morgan fingerprint density at radius 2 is 1.91 bits per heavy atom. The fourth-order valence-corrected chi connectivity index (χ4v) is 3.22. The van der Waals surface area contributed by atoms with Crippen molar-refractivity contribution in [3.63, 3.8) is 0 Å². The van der Waals surface area contributed by atoms with Crippen LogP contribution in [-0.4, -0.2) is 22.9 Å². The molecule has 1 aliphatic rings. The molecular formula is C17H22F3NO. The lowest BCUT2D eigenvalue weighted by Crippen LogP contribution is -2.44. The molecule has 2 rings (SSSR count). The molecule has 1 amide bonds. The van der Waals surface area contributed by atoms with Crippen molar-refractivity contribution in [2.75, 3.05) is 0 Å². The van der Waals surface area contributed by atoms with Crippen LogP contribution in [0.5, 0.6) is 0 Å². The average molecular weight is 313 g/mol. The van der Waals surface area contributed by atoms with Crippen LogP contribution in [0.3, 0.4) is 0 Å².